The number of nitrogens with zero attached hydrogens (tertiary/aromatic N) is 2. The van der Waals surface area contributed by atoms with Gasteiger partial charge >= 0.3 is 0 Å². The van der Waals surface area contributed by atoms with E-state index in [0.29, 0.717) is 37.7 Å². The summed E-state index contributed by atoms with van der Waals surface area (Å²) >= 11 is 0. The summed E-state index contributed by atoms with van der Waals surface area (Å²) in [6.45, 7) is 10.8. The third-order valence-corrected chi connectivity index (χ3v) is 4.68. The minimum absolute atomic E-state index is 0.0162. The quantitative estimate of drug-likeness (QED) is 0.583. The molecule has 0 atom stereocenters. The molecule has 0 spiro atoms. The molecule has 2 N–H and O–H groups in total. The summed E-state index contributed by atoms with van der Waals surface area (Å²) < 4.78 is 10.9. The first kappa shape index (κ1) is 24.0. The van der Waals surface area contributed by atoms with Crippen LogP contribution in [-0.2, 0) is 9.59 Å². The zero-order valence-corrected chi connectivity index (χ0v) is 18.7. The van der Waals surface area contributed by atoms with E-state index >= 15 is 0 Å². The van der Waals surface area contributed by atoms with Gasteiger partial charge in [-0.15, -0.1) is 0 Å². The van der Waals surface area contributed by atoms with Crippen LogP contribution in [0.4, 0.5) is 0 Å². The Morgan fingerprint density at radius 2 is 1.57 bits per heavy atom. The standard InChI is InChI=1S/C22H36N4O4/c1-22(2,3)24-21(28)17-26-12-7-11-25(13-14-26)16-20(27)23-10-15-30-19-9-6-5-8-18(19)29-4/h5-6,8-9H,7,10-17H2,1-4H3,(H,23,27)(H,24,28). The predicted octanol–water partition coefficient (Wildman–Crippen LogP) is 1.11. The first-order chi connectivity index (χ1) is 14.3. The molecule has 1 aromatic carbocycles. The maximum atomic E-state index is 12.3. The highest BCUT2D eigenvalue weighted by Crippen LogP contribution is 2.25. The van der Waals surface area contributed by atoms with E-state index in [0.717, 1.165) is 32.6 Å². The van der Waals surface area contributed by atoms with Crippen molar-refractivity contribution in [3.05, 3.63) is 24.3 Å². The summed E-state index contributed by atoms with van der Waals surface area (Å²) in [7, 11) is 1.60. The van der Waals surface area contributed by atoms with Crippen molar-refractivity contribution in [1.29, 1.82) is 0 Å². The lowest BCUT2D eigenvalue weighted by molar-refractivity contribution is -0.124. The molecule has 0 aromatic heterocycles. The lowest BCUT2D eigenvalue weighted by atomic mass is 10.1. The Morgan fingerprint density at radius 3 is 2.17 bits per heavy atom. The highest BCUT2D eigenvalue weighted by atomic mass is 16.5. The molecular formula is C22H36N4O4. The Kier molecular flexibility index (Phi) is 9.39. The highest BCUT2D eigenvalue weighted by Gasteiger charge is 2.20. The van der Waals surface area contributed by atoms with Crippen molar-refractivity contribution in [2.75, 3.05) is 59.5 Å². The van der Waals surface area contributed by atoms with Gasteiger partial charge in [0.15, 0.2) is 11.5 Å². The maximum Gasteiger partial charge on any atom is 0.234 e. The van der Waals surface area contributed by atoms with Crippen molar-refractivity contribution < 1.29 is 19.1 Å². The Labute approximate surface area is 179 Å². The van der Waals surface area contributed by atoms with Crippen molar-refractivity contribution in [3.63, 3.8) is 0 Å². The molecule has 2 rings (SSSR count). The van der Waals surface area contributed by atoms with Gasteiger partial charge in [0.1, 0.15) is 6.61 Å². The van der Waals surface area contributed by atoms with Gasteiger partial charge < -0.3 is 20.1 Å². The molecule has 1 aliphatic heterocycles. The number of carbonyl (C=O) groups excluding carboxylic acids is 2. The van der Waals surface area contributed by atoms with Crippen LogP contribution in [0, 0.1) is 0 Å². The van der Waals surface area contributed by atoms with Gasteiger partial charge in [0.05, 0.1) is 26.7 Å². The van der Waals surface area contributed by atoms with Crippen LogP contribution in [0.1, 0.15) is 27.2 Å². The number of nitrogens with one attached hydrogen (secondary N) is 2. The fourth-order valence-electron chi connectivity index (χ4n) is 3.35. The average molecular weight is 421 g/mol. The summed E-state index contributed by atoms with van der Waals surface area (Å²) in [5, 5.41) is 5.90. The first-order valence-corrected chi connectivity index (χ1v) is 10.5. The molecule has 0 unspecified atom stereocenters. The van der Waals surface area contributed by atoms with E-state index in [4.69, 9.17) is 9.47 Å². The number of rotatable bonds is 9. The summed E-state index contributed by atoms with van der Waals surface area (Å²) in [6.07, 6.45) is 0.937. The van der Waals surface area contributed by atoms with E-state index in [1.807, 2.05) is 45.0 Å². The van der Waals surface area contributed by atoms with Gasteiger partial charge in [-0.25, -0.2) is 0 Å². The summed E-state index contributed by atoms with van der Waals surface area (Å²) in [5.74, 6) is 1.37. The van der Waals surface area contributed by atoms with Crippen LogP contribution in [0.2, 0.25) is 0 Å². The highest BCUT2D eigenvalue weighted by molar-refractivity contribution is 5.79. The zero-order valence-electron chi connectivity index (χ0n) is 18.7. The van der Waals surface area contributed by atoms with Crippen molar-refractivity contribution >= 4 is 11.8 Å². The lowest BCUT2D eigenvalue weighted by Crippen LogP contribution is -2.46. The molecule has 2 amide bonds. The average Bonchev–Trinajstić information content (AvgIpc) is 2.89. The Bertz CT molecular complexity index is 690. The van der Waals surface area contributed by atoms with Crippen LogP contribution < -0.4 is 20.1 Å². The second-order valence-corrected chi connectivity index (χ2v) is 8.55. The van der Waals surface area contributed by atoms with Crippen molar-refractivity contribution in [2.24, 2.45) is 0 Å². The van der Waals surface area contributed by atoms with Gasteiger partial charge in [0, 0.05) is 18.6 Å². The fraction of sp³-hybridized carbons (Fsp3) is 0.636. The van der Waals surface area contributed by atoms with Crippen molar-refractivity contribution in [1.82, 2.24) is 20.4 Å². The third kappa shape index (κ3) is 9.00. The molecule has 1 aliphatic rings. The minimum atomic E-state index is -0.220. The van der Waals surface area contributed by atoms with E-state index < -0.39 is 0 Å². The monoisotopic (exact) mass is 420 g/mol. The minimum Gasteiger partial charge on any atom is -0.493 e. The molecule has 1 heterocycles. The Morgan fingerprint density at radius 1 is 0.967 bits per heavy atom. The number of amides is 2. The lowest BCUT2D eigenvalue weighted by Gasteiger charge is -2.25. The number of benzene rings is 1. The molecule has 1 saturated heterocycles. The molecule has 1 aromatic rings. The normalized spacial score (nSPS) is 15.9. The molecule has 30 heavy (non-hydrogen) atoms. The zero-order chi connectivity index (χ0) is 22.0. The van der Waals surface area contributed by atoms with Gasteiger partial charge in [-0.2, -0.15) is 0 Å². The molecule has 0 bridgehead atoms. The number of para-hydroxylation sites is 2. The molecule has 1 fully saturated rings. The van der Waals surface area contributed by atoms with Crippen molar-refractivity contribution in [3.8, 4) is 11.5 Å². The second kappa shape index (κ2) is 11.8. The smallest absolute Gasteiger partial charge is 0.234 e. The third-order valence-electron chi connectivity index (χ3n) is 4.68. The molecule has 8 heteroatoms. The van der Waals surface area contributed by atoms with Gasteiger partial charge in [-0.3, -0.25) is 19.4 Å². The van der Waals surface area contributed by atoms with E-state index in [1.165, 1.54) is 0 Å². The van der Waals surface area contributed by atoms with Gasteiger partial charge in [0.25, 0.3) is 0 Å². The van der Waals surface area contributed by atoms with E-state index in [1.54, 1.807) is 7.11 Å². The Hall–Kier alpha value is -2.32. The number of methoxy groups -OCH3 is 1. The van der Waals surface area contributed by atoms with Crippen LogP contribution in [-0.4, -0.2) is 86.7 Å². The van der Waals surface area contributed by atoms with Gasteiger partial charge in [-0.1, -0.05) is 12.1 Å². The maximum absolute atomic E-state index is 12.3. The summed E-state index contributed by atoms with van der Waals surface area (Å²) in [5.41, 5.74) is -0.220. The van der Waals surface area contributed by atoms with Crippen LogP contribution in [0.25, 0.3) is 0 Å². The molecule has 168 valence electrons. The van der Waals surface area contributed by atoms with Gasteiger partial charge in [0.2, 0.25) is 11.8 Å². The topological polar surface area (TPSA) is 83.1 Å². The number of carbonyl (C=O) groups is 2. The van der Waals surface area contributed by atoms with E-state index in [2.05, 4.69) is 20.4 Å². The summed E-state index contributed by atoms with van der Waals surface area (Å²) in [6, 6.07) is 7.44. The molecule has 0 aliphatic carbocycles. The van der Waals surface area contributed by atoms with Crippen LogP contribution in [0.5, 0.6) is 11.5 Å². The van der Waals surface area contributed by atoms with Gasteiger partial charge in [-0.05, 0) is 52.4 Å². The number of hydrogen-bond acceptors (Lipinski definition) is 6. The van der Waals surface area contributed by atoms with E-state index in [9.17, 15) is 9.59 Å². The molecule has 0 radical (unpaired) electrons. The Balaban J connectivity index is 1.65. The predicted molar refractivity (Wildman–Crippen MR) is 117 cm³/mol. The molecule has 0 saturated carbocycles. The van der Waals surface area contributed by atoms with E-state index in [-0.39, 0.29) is 17.4 Å². The van der Waals surface area contributed by atoms with Crippen LogP contribution in [0.3, 0.4) is 0 Å². The van der Waals surface area contributed by atoms with Crippen LogP contribution >= 0.6 is 0 Å². The SMILES string of the molecule is COc1ccccc1OCCNC(=O)CN1CCCN(CC(=O)NC(C)(C)C)CC1. The molecule has 8 nitrogen and oxygen atoms in total. The molecular weight excluding hydrogens is 384 g/mol. The largest absolute Gasteiger partial charge is 0.493 e. The van der Waals surface area contributed by atoms with Crippen molar-refractivity contribution in [2.45, 2.75) is 32.7 Å². The van der Waals surface area contributed by atoms with Crippen LogP contribution in [0.15, 0.2) is 24.3 Å². The fourth-order valence-corrected chi connectivity index (χ4v) is 3.35. The number of ether oxygens (including phenoxy) is 2. The second-order valence-electron chi connectivity index (χ2n) is 8.55. The summed E-state index contributed by atoms with van der Waals surface area (Å²) in [4.78, 5) is 28.7. The first-order valence-electron chi connectivity index (χ1n) is 10.5. The number of hydrogen-bond donors (Lipinski definition) is 2.